The summed E-state index contributed by atoms with van der Waals surface area (Å²) in [5.74, 6) is -1.63. The second kappa shape index (κ2) is 6.97. The third kappa shape index (κ3) is 2.73. The molecule has 2 amide bonds. The lowest BCUT2D eigenvalue weighted by Crippen LogP contribution is -2.57. The molecule has 4 rings (SSSR count). The normalized spacial score (nSPS) is 31.4. The maximum atomic E-state index is 14.2. The molecule has 0 aromatic heterocycles. The minimum absolute atomic E-state index is 0.0345. The first-order valence-electron chi connectivity index (χ1n) is 10.1. The number of nitrogens with zero attached hydrogens (tertiary/aromatic N) is 1. The number of hydrogen-bond acceptors (Lipinski definition) is 4. The van der Waals surface area contributed by atoms with Crippen molar-refractivity contribution in [1.29, 1.82) is 10.8 Å². The molecule has 160 valence electrons. The van der Waals surface area contributed by atoms with Gasteiger partial charge in [0.15, 0.2) is 0 Å². The first-order valence-corrected chi connectivity index (χ1v) is 10.1. The Morgan fingerprint density at radius 2 is 2.00 bits per heavy atom. The largest absolute Gasteiger partial charge is 0.374 e. The van der Waals surface area contributed by atoms with Gasteiger partial charge >= 0.3 is 6.03 Å². The lowest BCUT2D eigenvalue weighted by molar-refractivity contribution is -0.0876. The Morgan fingerprint density at radius 1 is 1.33 bits per heavy atom. The number of nitrogens with one attached hydrogen (secondary N) is 2. The fraction of sp³-hybridized carbons (Fsp3) is 0.500. The Morgan fingerprint density at radius 3 is 2.63 bits per heavy atom. The van der Waals surface area contributed by atoms with E-state index in [2.05, 4.69) is 13.8 Å². The zero-order valence-corrected chi connectivity index (χ0v) is 17.1. The number of rotatable bonds is 3. The van der Waals surface area contributed by atoms with Gasteiger partial charge in [-0.25, -0.2) is 13.6 Å². The summed E-state index contributed by atoms with van der Waals surface area (Å²) in [7, 11) is 0. The molecule has 8 heteroatoms. The summed E-state index contributed by atoms with van der Waals surface area (Å²) in [5, 5.41) is 17.3. The molecule has 3 aliphatic rings. The van der Waals surface area contributed by atoms with Crippen LogP contribution in [0.3, 0.4) is 0 Å². The Labute approximate surface area is 174 Å². The number of amides is 2. The number of hydrogen-bond donors (Lipinski definition) is 3. The van der Waals surface area contributed by atoms with Crippen LogP contribution in [-0.4, -0.2) is 48.2 Å². The van der Waals surface area contributed by atoms with Crippen molar-refractivity contribution < 1.29 is 18.3 Å². The van der Waals surface area contributed by atoms with Crippen LogP contribution in [0.25, 0.3) is 0 Å². The zero-order valence-electron chi connectivity index (χ0n) is 17.1. The van der Waals surface area contributed by atoms with Crippen LogP contribution in [-0.2, 0) is 4.74 Å². The van der Waals surface area contributed by atoms with Crippen LogP contribution >= 0.6 is 0 Å². The maximum Gasteiger partial charge on any atom is 0.314 e. The van der Waals surface area contributed by atoms with Gasteiger partial charge in [-0.2, -0.15) is 0 Å². The second-order valence-electron chi connectivity index (χ2n) is 8.91. The summed E-state index contributed by atoms with van der Waals surface area (Å²) < 4.78 is 34.4. The van der Waals surface area contributed by atoms with Gasteiger partial charge in [-0.3, -0.25) is 0 Å². The van der Waals surface area contributed by atoms with E-state index >= 15 is 0 Å². The van der Waals surface area contributed by atoms with E-state index in [1.54, 1.807) is 0 Å². The number of allylic oxidation sites excluding steroid dienone is 2. The summed E-state index contributed by atoms with van der Waals surface area (Å²) in [6.07, 6.45) is 2.55. The maximum absolute atomic E-state index is 14.2. The lowest BCUT2D eigenvalue weighted by atomic mass is 9.64. The van der Waals surface area contributed by atoms with E-state index in [1.807, 2.05) is 0 Å². The molecule has 1 aromatic carbocycles. The van der Waals surface area contributed by atoms with E-state index in [1.165, 1.54) is 17.0 Å². The lowest BCUT2D eigenvalue weighted by Gasteiger charge is -2.47. The summed E-state index contributed by atoms with van der Waals surface area (Å²) in [6.45, 7) is 5.21. The number of primary amides is 1. The van der Waals surface area contributed by atoms with Crippen molar-refractivity contribution in [2.24, 2.45) is 22.5 Å². The molecule has 6 nitrogen and oxygen atoms in total. The van der Waals surface area contributed by atoms with Gasteiger partial charge in [0.05, 0.1) is 24.0 Å². The van der Waals surface area contributed by atoms with Crippen molar-refractivity contribution in [3.05, 3.63) is 47.0 Å². The number of morpholine rings is 1. The molecular formula is C22H26F2N4O2. The summed E-state index contributed by atoms with van der Waals surface area (Å²) in [5.41, 5.74) is 4.75. The molecule has 1 saturated heterocycles. The van der Waals surface area contributed by atoms with Crippen molar-refractivity contribution in [1.82, 2.24) is 4.90 Å². The first kappa shape index (κ1) is 20.7. The van der Waals surface area contributed by atoms with Crippen LogP contribution in [0.1, 0.15) is 32.3 Å². The second-order valence-corrected chi connectivity index (χ2v) is 8.91. The van der Waals surface area contributed by atoms with Gasteiger partial charge in [0.2, 0.25) is 0 Å². The third-order valence-electron chi connectivity index (χ3n) is 7.42. The number of carbonyl (C=O) groups is 1. The molecule has 0 radical (unpaired) electrons. The van der Waals surface area contributed by atoms with Crippen LogP contribution in [0.4, 0.5) is 13.6 Å². The number of ether oxygens (including phenoxy) is 1. The highest BCUT2D eigenvalue weighted by molar-refractivity contribution is 6.15. The van der Waals surface area contributed by atoms with Gasteiger partial charge in [0.1, 0.15) is 11.6 Å². The molecule has 3 atom stereocenters. The molecule has 0 unspecified atom stereocenters. The van der Waals surface area contributed by atoms with Crippen molar-refractivity contribution >= 4 is 17.5 Å². The van der Waals surface area contributed by atoms with E-state index < -0.39 is 29.2 Å². The minimum atomic E-state index is -0.798. The fourth-order valence-electron chi connectivity index (χ4n) is 5.83. The molecule has 3 fully saturated rings. The highest BCUT2D eigenvalue weighted by Gasteiger charge is 2.68. The Balaban J connectivity index is 1.72. The molecule has 1 aliphatic heterocycles. The van der Waals surface area contributed by atoms with Crippen molar-refractivity contribution in [2.45, 2.75) is 32.8 Å². The zero-order chi connectivity index (χ0) is 21.8. The molecule has 1 aromatic rings. The number of nitrogens with two attached hydrogens (primary N) is 1. The van der Waals surface area contributed by atoms with E-state index in [9.17, 15) is 13.6 Å². The quantitative estimate of drug-likeness (QED) is 0.657. The molecular weight excluding hydrogens is 390 g/mol. The topological polar surface area (TPSA) is 103 Å². The highest BCUT2D eigenvalue weighted by atomic mass is 19.1. The number of urea groups is 1. The van der Waals surface area contributed by atoms with E-state index in [0.717, 1.165) is 25.0 Å². The van der Waals surface area contributed by atoms with Crippen LogP contribution in [0.15, 0.2) is 29.8 Å². The number of benzene rings is 1. The summed E-state index contributed by atoms with van der Waals surface area (Å²) in [4.78, 5) is 13.3. The number of carbonyl (C=O) groups excluding carboxylic acids is 1. The molecule has 2 bridgehead atoms. The van der Waals surface area contributed by atoms with Gasteiger partial charge in [-0.05, 0) is 48.0 Å². The van der Waals surface area contributed by atoms with Gasteiger partial charge in [0.25, 0.3) is 0 Å². The SMILES string of the molecule is CC1(C)[C@H]2CC[C@]1([C@@H]1CN(C(N)=O)CCO1)C(=N)/C2=C\C(=N)c1c(F)cccc1F. The van der Waals surface area contributed by atoms with E-state index in [0.29, 0.717) is 31.0 Å². The molecule has 30 heavy (non-hydrogen) atoms. The summed E-state index contributed by atoms with van der Waals surface area (Å²) in [6, 6.07) is 3.00. The molecule has 2 aliphatic carbocycles. The monoisotopic (exact) mass is 416 g/mol. The van der Waals surface area contributed by atoms with Crippen LogP contribution in [0, 0.1) is 39.2 Å². The molecule has 0 spiro atoms. The Hall–Kier alpha value is -2.61. The van der Waals surface area contributed by atoms with Crippen molar-refractivity contribution in [3.63, 3.8) is 0 Å². The van der Waals surface area contributed by atoms with Crippen LogP contribution < -0.4 is 5.73 Å². The van der Waals surface area contributed by atoms with E-state index in [-0.39, 0.29) is 22.6 Å². The summed E-state index contributed by atoms with van der Waals surface area (Å²) >= 11 is 0. The standard InChI is InChI=1S/C22H26F2N4O2/c1-21(2)13-6-7-22(21,17-11-28(20(27)29)8-9-30-17)19(26)12(13)10-16(25)18-14(23)4-3-5-15(18)24/h3-5,10,13,17,25-26H,6-9,11H2,1-2H3,(H2,27,29)/b12-10-,25-16?,26-19?/t13-,17-,22-/m0/s1. The molecule has 1 heterocycles. The Bertz CT molecular complexity index is 954. The molecule has 2 saturated carbocycles. The first-order chi connectivity index (χ1) is 14.1. The number of halogens is 2. The van der Waals surface area contributed by atoms with Gasteiger partial charge in [-0.1, -0.05) is 19.9 Å². The Kier molecular flexibility index (Phi) is 4.80. The smallest absolute Gasteiger partial charge is 0.314 e. The van der Waals surface area contributed by atoms with Crippen molar-refractivity contribution in [2.75, 3.05) is 19.7 Å². The van der Waals surface area contributed by atoms with Crippen LogP contribution in [0.2, 0.25) is 0 Å². The average Bonchev–Trinajstić information content (AvgIpc) is 3.04. The predicted molar refractivity (Wildman–Crippen MR) is 109 cm³/mol. The number of fused-ring (bicyclic) bond motifs is 2. The fourth-order valence-corrected chi connectivity index (χ4v) is 5.83. The average molecular weight is 416 g/mol. The van der Waals surface area contributed by atoms with E-state index in [4.69, 9.17) is 21.3 Å². The highest BCUT2D eigenvalue weighted by Crippen LogP contribution is 2.68. The predicted octanol–water partition coefficient (Wildman–Crippen LogP) is 3.49. The van der Waals surface area contributed by atoms with Gasteiger partial charge < -0.3 is 26.2 Å². The van der Waals surface area contributed by atoms with Gasteiger partial charge in [-0.15, -0.1) is 0 Å². The van der Waals surface area contributed by atoms with Crippen LogP contribution in [0.5, 0.6) is 0 Å². The minimum Gasteiger partial charge on any atom is -0.374 e. The third-order valence-corrected chi connectivity index (χ3v) is 7.42. The van der Waals surface area contributed by atoms with Gasteiger partial charge in [0, 0.05) is 24.2 Å². The molecule has 4 N–H and O–H groups in total. The van der Waals surface area contributed by atoms with Crippen molar-refractivity contribution in [3.8, 4) is 0 Å².